The molecule has 1 fully saturated rings. The minimum absolute atomic E-state index is 0.243. The fraction of sp³-hybridized carbons (Fsp3) is 0.700. The van der Waals surface area contributed by atoms with E-state index in [-0.39, 0.29) is 5.41 Å². The fourth-order valence-corrected chi connectivity index (χ4v) is 3.77. The van der Waals surface area contributed by atoms with Crippen LogP contribution in [0.15, 0.2) is 10.7 Å². The summed E-state index contributed by atoms with van der Waals surface area (Å²) >= 11 is 2.04. The summed E-state index contributed by atoms with van der Waals surface area (Å²) in [6, 6.07) is 0. The number of aromatic nitrogens is 1. The van der Waals surface area contributed by atoms with Gasteiger partial charge in [-0.1, -0.05) is 5.16 Å². The number of thioether (sulfide) groups is 1. The molecule has 2 aliphatic heterocycles. The summed E-state index contributed by atoms with van der Waals surface area (Å²) in [5.41, 5.74) is 1.51. The molecule has 0 saturated carbocycles. The Morgan fingerprint density at radius 1 is 1.57 bits per heavy atom. The first kappa shape index (κ1) is 8.80. The second-order valence-corrected chi connectivity index (χ2v) is 5.33. The minimum Gasteiger partial charge on any atom is -0.360 e. The van der Waals surface area contributed by atoms with Crippen LogP contribution >= 0.6 is 11.8 Å². The van der Waals surface area contributed by atoms with Gasteiger partial charge in [-0.15, -0.1) is 0 Å². The van der Waals surface area contributed by atoms with E-state index in [0.29, 0.717) is 0 Å². The van der Waals surface area contributed by atoms with E-state index in [4.69, 9.17) is 4.52 Å². The molecule has 1 saturated heterocycles. The topological polar surface area (TPSA) is 38.1 Å². The predicted octanol–water partition coefficient (Wildman–Crippen LogP) is 1.54. The lowest BCUT2D eigenvalue weighted by atomic mass is 9.78. The molecule has 1 spiro atoms. The van der Waals surface area contributed by atoms with Crippen molar-refractivity contribution in [1.82, 2.24) is 10.5 Å². The second kappa shape index (κ2) is 3.28. The maximum atomic E-state index is 5.45. The Kier molecular flexibility index (Phi) is 2.06. The maximum absolute atomic E-state index is 5.45. The molecule has 0 radical (unpaired) electrons. The zero-order chi connectivity index (χ0) is 9.43. The van der Waals surface area contributed by atoms with Crippen molar-refractivity contribution in [2.75, 3.05) is 18.1 Å². The molecule has 1 N–H and O–H groups in total. The third-order valence-corrected chi connectivity index (χ3v) is 4.56. The minimum atomic E-state index is 0.243. The van der Waals surface area contributed by atoms with Gasteiger partial charge in [0.05, 0.1) is 11.6 Å². The van der Waals surface area contributed by atoms with Gasteiger partial charge in [0.15, 0.2) is 0 Å². The third-order valence-electron chi connectivity index (χ3n) is 3.23. The summed E-state index contributed by atoms with van der Waals surface area (Å²) < 4.78 is 5.45. The Morgan fingerprint density at radius 2 is 2.57 bits per heavy atom. The summed E-state index contributed by atoms with van der Waals surface area (Å²) in [4.78, 5) is 0. The lowest BCUT2D eigenvalue weighted by Crippen LogP contribution is -2.46. The van der Waals surface area contributed by atoms with Gasteiger partial charge in [0.2, 0.25) is 0 Å². The zero-order valence-electron chi connectivity index (χ0n) is 8.08. The average molecular weight is 210 g/mol. The summed E-state index contributed by atoms with van der Waals surface area (Å²) in [5.74, 6) is 3.64. The van der Waals surface area contributed by atoms with Gasteiger partial charge in [0.1, 0.15) is 5.76 Å². The molecule has 3 heterocycles. The van der Waals surface area contributed by atoms with Gasteiger partial charge in [-0.3, -0.25) is 0 Å². The van der Waals surface area contributed by atoms with E-state index in [0.717, 1.165) is 18.8 Å². The van der Waals surface area contributed by atoms with Crippen molar-refractivity contribution in [1.29, 1.82) is 0 Å². The quantitative estimate of drug-likeness (QED) is 0.705. The molecule has 0 bridgehead atoms. The highest BCUT2D eigenvalue weighted by molar-refractivity contribution is 7.99. The van der Waals surface area contributed by atoms with Crippen LogP contribution in [0.25, 0.3) is 0 Å². The normalized spacial score (nSPS) is 31.7. The molecule has 1 aromatic heterocycles. The van der Waals surface area contributed by atoms with E-state index in [1.807, 2.05) is 18.0 Å². The van der Waals surface area contributed by atoms with Crippen LogP contribution in [0.5, 0.6) is 0 Å². The van der Waals surface area contributed by atoms with E-state index in [1.165, 1.54) is 29.9 Å². The number of rotatable bonds is 0. The molecule has 0 aromatic carbocycles. The smallest absolute Gasteiger partial charge is 0.149 e. The van der Waals surface area contributed by atoms with E-state index in [2.05, 4.69) is 10.5 Å². The monoisotopic (exact) mass is 210 g/mol. The fourth-order valence-electron chi connectivity index (χ4n) is 2.51. The summed E-state index contributed by atoms with van der Waals surface area (Å²) in [5, 5.41) is 7.40. The maximum Gasteiger partial charge on any atom is 0.149 e. The van der Waals surface area contributed by atoms with Crippen molar-refractivity contribution in [2.45, 2.75) is 24.8 Å². The van der Waals surface area contributed by atoms with Crippen molar-refractivity contribution in [3.05, 3.63) is 17.5 Å². The van der Waals surface area contributed by atoms with Crippen molar-refractivity contribution < 1.29 is 4.52 Å². The highest BCUT2D eigenvalue weighted by Gasteiger charge is 2.41. The molecule has 1 atom stereocenters. The Bertz CT molecular complexity index is 331. The molecule has 1 aromatic rings. The zero-order valence-corrected chi connectivity index (χ0v) is 8.90. The molecule has 0 amide bonds. The SMILES string of the molecule is c1noc2c1CNCC21CCCSC1. The van der Waals surface area contributed by atoms with Crippen LogP contribution in [0.4, 0.5) is 0 Å². The van der Waals surface area contributed by atoms with Crippen molar-refractivity contribution in [2.24, 2.45) is 0 Å². The van der Waals surface area contributed by atoms with Gasteiger partial charge < -0.3 is 9.84 Å². The molecule has 2 aliphatic rings. The van der Waals surface area contributed by atoms with E-state index in [1.54, 1.807) is 0 Å². The number of hydrogen-bond acceptors (Lipinski definition) is 4. The van der Waals surface area contributed by atoms with Crippen LogP contribution in [0, 0.1) is 0 Å². The van der Waals surface area contributed by atoms with Crippen LogP contribution in [0.3, 0.4) is 0 Å². The van der Waals surface area contributed by atoms with Gasteiger partial charge in [-0.2, -0.15) is 11.8 Å². The highest BCUT2D eigenvalue weighted by Crippen LogP contribution is 2.40. The largest absolute Gasteiger partial charge is 0.360 e. The predicted molar refractivity (Wildman–Crippen MR) is 56.4 cm³/mol. The van der Waals surface area contributed by atoms with Gasteiger partial charge >= 0.3 is 0 Å². The summed E-state index contributed by atoms with van der Waals surface area (Å²) in [7, 11) is 0. The first-order valence-electron chi connectivity index (χ1n) is 5.13. The summed E-state index contributed by atoms with van der Waals surface area (Å²) in [6.45, 7) is 1.98. The summed E-state index contributed by atoms with van der Waals surface area (Å²) in [6.07, 6.45) is 4.41. The molecule has 0 aliphatic carbocycles. The lowest BCUT2D eigenvalue weighted by molar-refractivity contribution is 0.264. The molecule has 3 rings (SSSR count). The van der Waals surface area contributed by atoms with Crippen LogP contribution in [0.1, 0.15) is 24.2 Å². The third kappa shape index (κ3) is 1.21. The molecule has 1 unspecified atom stereocenters. The molecule has 76 valence electrons. The van der Waals surface area contributed by atoms with E-state index >= 15 is 0 Å². The Hall–Kier alpha value is -0.480. The number of nitrogens with one attached hydrogen (secondary N) is 1. The Balaban J connectivity index is 2.01. The highest BCUT2D eigenvalue weighted by atomic mass is 32.2. The molecular formula is C10H14N2OS. The Morgan fingerprint density at radius 3 is 3.43 bits per heavy atom. The van der Waals surface area contributed by atoms with Gasteiger partial charge in [0.25, 0.3) is 0 Å². The van der Waals surface area contributed by atoms with Crippen molar-refractivity contribution in [3.63, 3.8) is 0 Å². The first-order chi connectivity index (χ1) is 6.91. The molecular weight excluding hydrogens is 196 g/mol. The van der Waals surface area contributed by atoms with E-state index < -0.39 is 0 Å². The van der Waals surface area contributed by atoms with Crippen molar-refractivity contribution >= 4 is 11.8 Å². The second-order valence-electron chi connectivity index (χ2n) is 4.22. The molecule has 4 heteroatoms. The Labute approximate surface area is 87.6 Å². The molecule has 14 heavy (non-hydrogen) atoms. The number of fused-ring (bicyclic) bond motifs is 2. The van der Waals surface area contributed by atoms with Gasteiger partial charge in [0, 0.05) is 24.4 Å². The van der Waals surface area contributed by atoms with Crippen LogP contribution < -0.4 is 5.32 Å². The lowest BCUT2D eigenvalue weighted by Gasteiger charge is -2.38. The first-order valence-corrected chi connectivity index (χ1v) is 6.29. The van der Waals surface area contributed by atoms with Crippen LogP contribution in [0.2, 0.25) is 0 Å². The molecule has 3 nitrogen and oxygen atoms in total. The average Bonchev–Trinajstić information content (AvgIpc) is 2.69. The number of hydrogen-bond donors (Lipinski definition) is 1. The van der Waals surface area contributed by atoms with E-state index in [9.17, 15) is 0 Å². The van der Waals surface area contributed by atoms with Gasteiger partial charge in [-0.25, -0.2) is 0 Å². The van der Waals surface area contributed by atoms with Gasteiger partial charge in [-0.05, 0) is 18.6 Å². The van der Waals surface area contributed by atoms with Crippen LogP contribution in [-0.4, -0.2) is 23.2 Å². The standard InChI is InChI=1S/C10H14N2OS/c1-2-10(7-14-3-1)6-11-4-8-5-12-13-9(8)10/h5,11H,1-4,6-7H2. The van der Waals surface area contributed by atoms with Crippen LogP contribution in [-0.2, 0) is 12.0 Å². The number of nitrogens with zero attached hydrogens (tertiary/aromatic N) is 1. The van der Waals surface area contributed by atoms with Crippen molar-refractivity contribution in [3.8, 4) is 0 Å².